The maximum atomic E-state index is 2.51. The number of hydrogen-bond acceptors (Lipinski definition) is 2. The van der Waals surface area contributed by atoms with Crippen molar-refractivity contribution in [2.45, 2.75) is 5.41 Å². The molecule has 1 aliphatic carbocycles. The lowest BCUT2D eigenvalue weighted by molar-refractivity contribution is 0.777. The molecular formula is C73H50N2. The SMILES string of the molecule is c1ccc(-c2ccc(N(c3ccccc3)c3ccc4cc5c(cc4c3)C(c3ccccc3)(c3ccccc3)c3c-5c4ccccc4c4cc(N(c5ccccc5)c5ccc(-c6ccccc6)cc5)ccc34)cc2)cc1. The molecule has 0 aromatic heterocycles. The van der Waals surface area contributed by atoms with Gasteiger partial charge in [-0.25, -0.2) is 0 Å². The average molecular weight is 955 g/mol. The number of fused-ring (bicyclic) bond motifs is 9. The van der Waals surface area contributed by atoms with Crippen molar-refractivity contribution in [1.29, 1.82) is 0 Å². The monoisotopic (exact) mass is 954 g/mol. The molecule has 0 fully saturated rings. The van der Waals surface area contributed by atoms with E-state index in [1.165, 1.54) is 88.0 Å². The van der Waals surface area contributed by atoms with Crippen molar-refractivity contribution in [3.05, 3.63) is 326 Å². The van der Waals surface area contributed by atoms with Gasteiger partial charge in [-0.05, 0) is 173 Å². The molecule has 0 spiro atoms. The van der Waals surface area contributed by atoms with Crippen LogP contribution < -0.4 is 9.80 Å². The topological polar surface area (TPSA) is 6.48 Å². The molecule has 0 radical (unpaired) electrons. The largest absolute Gasteiger partial charge is 0.310 e. The Bertz CT molecular complexity index is 4140. The molecule has 2 nitrogen and oxygen atoms in total. The Hall–Kier alpha value is -9.76. The third kappa shape index (κ3) is 7.41. The predicted octanol–water partition coefficient (Wildman–Crippen LogP) is 19.8. The number of para-hydroxylation sites is 2. The van der Waals surface area contributed by atoms with Gasteiger partial charge >= 0.3 is 0 Å². The molecule has 14 rings (SSSR count). The van der Waals surface area contributed by atoms with E-state index in [0.29, 0.717) is 0 Å². The molecule has 0 amide bonds. The van der Waals surface area contributed by atoms with Gasteiger partial charge in [0, 0.05) is 34.1 Å². The summed E-state index contributed by atoms with van der Waals surface area (Å²) in [5.41, 5.74) is 18.4. The Morgan fingerprint density at radius 1 is 0.240 bits per heavy atom. The van der Waals surface area contributed by atoms with Crippen LogP contribution in [0.1, 0.15) is 22.3 Å². The second-order valence-electron chi connectivity index (χ2n) is 19.6. The van der Waals surface area contributed by atoms with Crippen molar-refractivity contribution < 1.29 is 0 Å². The molecule has 75 heavy (non-hydrogen) atoms. The van der Waals surface area contributed by atoms with Gasteiger partial charge in [0.2, 0.25) is 0 Å². The molecule has 13 aromatic rings. The molecule has 0 unspecified atom stereocenters. The Balaban J connectivity index is 1.00. The summed E-state index contributed by atoms with van der Waals surface area (Å²) >= 11 is 0. The number of hydrogen-bond donors (Lipinski definition) is 0. The summed E-state index contributed by atoms with van der Waals surface area (Å²) in [6, 6.07) is 111. The van der Waals surface area contributed by atoms with Crippen molar-refractivity contribution >= 4 is 66.4 Å². The van der Waals surface area contributed by atoms with Crippen LogP contribution in [0.4, 0.5) is 34.1 Å². The minimum atomic E-state index is -0.667. The summed E-state index contributed by atoms with van der Waals surface area (Å²) in [5, 5.41) is 7.32. The zero-order chi connectivity index (χ0) is 49.7. The van der Waals surface area contributed by atoms with Gasteiger partial charge in [-0.3, -0.25) is 0 Å². The van der Waals surface area contributed by atoms with Crippen molar-refractivity contribution in [2.75, 3.05) is 9.80 Å². The van der Waals surface area contributed by atoms with Gasteiger partial charge < -0.3 is 9.80 Å². The van der Waals surface area contributed by atoms with E-state index in [1.807, 2.05) is 0 Å². The average Bonchev–Trinajstić information content (AvgIpc) is 3.79. The van der Waals surface area contributed by atoms with Gasteiger partial charge in [0.05, 0.1) is 5.41 Å². The van der Waals surface area contributed by atoms with Gasteiger partial charge in [0.1, 0.15) is 0 Å². The molecule has 0 aliphatic heterocycles. The Morgan fingerprint density at radius 3 is 1.16 bits per heavy atom. The van der Waals surface area contributed by atoms with Crippen LogP contribution in [0.25, 0.3) is 65.7 Å². The van der Waals surface area contributed by atoms with Gasteiger partial charge in [-0.1, -0.05) is 218 Å². The smallest absolute Gasteiger partial charge is 0.0720 e. The zero-order valence-corrected chi connectivity index (χ0v) is 41.3. The number of nitrogens with zero attached hydrogens (tertiary/aromatic N) is 2. The highest BCUT2D eigenvalue weighted by molar-refractivity contribution is 6.20. The first-order valence-corrected chi connectivity index (χ1v) is 25.9. The van der Waals surface area contributed by atoms with Crippen molar-refractivity contribution in [3.8, 4) is 33.4 Å². The van der Waals surface area contributed by atoms with Gasteiger partial charge in [0.25, 0.3) is 0 Å². The third-order valence-corrected chi connectivity index (χ3v) is 15.4. The summed E-state index contributed by atoms with van der Waals surface area (Å²) in [4.78, 5) is 4.78. The van der Waals surface area contributed by atoms with Gasteiger partial charge in [-0.15, -0.1) is 0 Å². The van der Waals surface area contributed by atoms with Crippen LogP contribution in [0, 0.1) is 0 Å². The highest BCUT2D eigenvalue weighted by Gasteiger charge is 2.48. The first-order valence-electron chi connectivity index (χ1n) is 25.9. The number of rotatable bonds is 10. The van der Waals surface area contributed by atoms with Crippen LogP contribution in [0.3, 0.4) is 0 Å². The van der Waals surface area contributed by atoms with Crippen LogP contribution in [0.2, 0.25) is 0 Å². The maximum Gasteiger partial charge on any atom is 0.0720 e. The third-order valence-electron chi connectivity index (χ3n) is 15.4. The summed E-state index contributed by atoms with van der Waals surface area (Å²) in [5.74, 6) is 0. The Kier molecular flexibility index (Phi) is 10.8. The van der Waals surface area contributed by atoms with E-state index in [9.17, 15) is 0 Å². The second kappa shape index (κ2) is 18.4. The number of anilines is 6. The lowest BCUT2D eigenvalue weighted by atomic mass is 9.66. The molecular weight excluding hydrogens is 905 g/mol. The van der Waals surface area contributed by atoms with Crippen molar-refractivity contribution in [1.82, 2.24) is 0 Å². The molecule has 0 heterocycles. The quantitative estimate of drug-likeness (QED) is 0.126. The Morgan fingerprint density at radius 2 is 0.640 bits per heavy atom. The fraction of sp³-hybridized carbons (Fsp3) is 0.0137. The van der Waals surface area contributed by atoms with E-state index >= 15 is 0 Å². The molecule has 0 N–H and O–H groups in total. The van der Waals surface area contributed by atoms with E-state index in [4.69, 9.17) is 0 Å². The molecule has 2 heteroatoms. The number of benzene rings is 13. The highest BCUT2D eigenvalue weighted by Crippen LogP contribution is 2.61. The van der Waals surface area contributed by atoms with Crippen LogP contribution in [-0.4, -0.2) is 0 Å². The fourth-order valence-corrected chi connectivity index (χ4v) is 12.1. The van der Waals surface area contributed by atoms with Crippen LogP contribution in [0.5, 0.6) is 0 Å². The molecule has 13 aromatic carbocycles. The van der Waals surface area contributed by atoms with E-state index in [-0.39, 0.29) is 0 Å². The lowest BCUT2D eigenvalue weighted by Gasteiger charge is -2.35. The molecule has 352 valence electrons. The summed E-state index contributed by atoms with van der Waals surface area (Å²) in [6.07, 6.45) is 0. The van der Waals surface area contributed by atoms with Crippen LogP contribution in [-0.2, 0) is 5.41 Å². The summed E-state index contributed by atoms with van der Waals surface area (Å²) < 4.78 is 0. The molecule has 0 saturated carbocycles. The first-order chi connectivity index (χ1) is 37.2. The van der Waals surface area contributed by atoms with Crippen LogP contribution in [0.15, 0.2) is 303 Å². The normalized spacial score (nSPS) is 12.4. The Labute approximate surface area is 438 Å². The lowest BCUT2D eigenvalue weighted by Crippen LogP contribution is -2.29. The molecule has 0 saturated heterocycles. The molecule has 1 aliphatic rings. The summed E-state index contributed by atoms with van der Waals surface area (Å²) in [7, 11) is 0. The second-order valence-corrected chi connectivity index (χ2v) is 19.6. The summed E-state index contributed by atoms with van der Waals surface area (Å²) in [6.45, 7) is 0. The standard InChI is InChI=1S/C73H50N2/c1-7-21-51(22-8-1)53-35-40-61(41-36-53)74(59-29-15-5-16-30-59)63-44-39-55-48-69-70(49-56(55)47-63)73(57-25-11-3-12-26-57,58-27-13-4-14-28-58)72-67-46-45-64(50-68(67)65-33-19-20-34-66(65)71(69)72)75(60-31-17-6-18-32-60)62-42-37-54(38-43-62)52-23-9-2-10-24-52/h1-50H. The van der Waals surface area contributed by atoms with E-state index in [1.54, 1.807) is 0 Å². The highest BCUT2D eigenvalue weighted by atomic mass is 15.1. The van der Waals surface area contributed by atoms with Gasteiger partial charge in [-0.2, -0.15) is 0 Å². The van der Waals surface area contributed by atoms with E-state index < -0.39 is 5.41 Å². The maximum absolute atomic E-state index is 2.51. The van der Waals surface area contributed by atoms with Gasteiger partial charge in [0.15, 0.2) is 0 Å². The molecule has 0 bridgehead atoms. The predicted molar refractivity (Wildman–Crippen MR) is 317 cm³/mol. The van der Waals surface area contributed by atoms with E-state index in [2.05, 4.69) is 313 Å². The fourth-order valence-electron chi connectivity index (χ4n) is 12.1. The zero-order valence-electron chi connectivity index (χ0n) is 41.3. The first kappa shape index (κ1) is 44.0. The van der Waals surface area contributed by atoms with Crippen LogP contribution >= 0.6 is 0 Å². The van der Waals surface area contributed by atoms with Crippen molar-refractivity contribution in [2.24, 2.45) is 0 Å². The minimum Gasteiger partial charge on any atom is -0.310 e. The van der Waals surface area contributed by atoms with E-state index in [0.717, 1.165) is 34.1 Å². The van der Waals surface area contributed by atoms with Crippen molar-refractivity contribution in [3.63, 3.8) is 0 Å². The molecule has 0 atom stereocenters. The minimum absolute atomic E-state index is 0.667.